The zero-order chi connectivity index (χ0) is 13.6. The van der Waals surface area contributed by atoms with Gasteiger partial charge in [0.1, 0.15) is 11.9 Å². The van der Waals surface area contributed by atoms with Crippen molar-refractivity contribution in [3.8, 4) is 0 Å². The van der Waals surface area contributed by atoms with Crippen LogP contribution in [0.2, 0.25) is 0 Å². The van der Waals surface area contributed by atoms with E-state index in [9.17, 15) is 13.2 Å². The predicted molar refractivity (Wildman–Crippen MR) is 65.6 cm³/mol. The molecule has 1 aromatic rings. The quantitative estimate of drug-likeness (QED) is 0.786. The molecule has 100 valence electrons. The van der Waals surface area contributed by atoms with Crippen molar-refractivity contribution in [1.82, 2.24) is 5.32 Å². The first-order valence-corrected chi connectivity index (χ1v) is 6.81. The first-order chi connectivity index (χ1) is 8.39. The van der Waals surface area contributed by atoms with E-state index in [0.29, 0.717) is 0 Å². The minimum absolute atomic E-state index is 0.104. The fraction of sp³-hybridized carbons (Fsp3) is 0.364. The highest BCUT2D eigenvalue weighted by Gasteiger charge is 2.18. The van der Waals surface area contributed by atoms with Crippen molar-refractivity contribution >= 4 is 16.2 Å². The lowest BCUT2D eigenvalue weighted by Crippen LogP contribution is -2.35. The van der Waals surface area contributed by atoms with Crippen molar-refractivity contribution < 1.29 is 22.5 Å². The molecule has 7 heteroatoms. The van der Waals surface area contributed by atoms with E-state index in [4.69, 9.17) is 9.29 Å². The van der Waals surface area contributed by atoms with Crippen molar-refractivity contribution in [3.63, 3.8) is 0 Å². The predicted octanol–water partition coefficient (Wildman–Crippen LogP) is 1.19. The molecule has 6 nitrogen and oxygen atoms in total. The molecule has 0 saturated carbocycles. The van der Waals surface area contributed by atoms with Crippen LogP contribution in [-0.4, -0.2) is 30.9 Å². The first kappa shape index (κ1) is 14.5. The van der Waals surface area contributed by atoms with Crippen molar-refractivity contribution in [2.24, 2.45) is 0 Å². The van der Waals surface area contributed by atoms with Crippen LogP contribution in [-0.2, 0) is 21.5 Å². The van der Waals surface area contributed by atoms with Gasteiger partial charge in [0.05, 0.1) is 0 Å². The number of rotatable bonds is 5. The van der Waals surface area contributed by atoms with Gasteiger partial charge in [0.25, 0.3) is 10.1 Å². The second-order valence-corrected chi connectivity index (χ2v) is 5.60. The minimum atomic E-state index is -4.14. The Morgan fingerprint density at radius 3 is 2.56 bits per heavy atom. The van der Waals surface area contributed by atoms with Gasteiger partial charge in [0.2, 0.25) is 0 Å². The van der Waals surface area contributed by atoms with Crippen LogP contribution in [0.4, 0.5) is 4.79 Å². The normalized spacial score (nSPS) is 12.8. The Bertz CT molecular complexity index is 485. The molecule has 0 fully saturated rings. The van der Waals surface area contributed by atoms with E-state index in [1.165, 1.54) is 6.92 Å². The Morgan fingerprint density at radius 1 is 1.39 bits per heavy atom. The number of carbonyl (C=O) groups is 1. The van der Waals surface area contributed by atoms with Gasteiger partial charge in [-0.25, -0.2) is 4.79 Å². The summed E-state index contributed by atoms with van der Waals surface area (Å²) in [7, 11) is -4.14. The van der Waals surface area contributed by atoms with E-state index < -0.39 is 21.5 Å². The molecule has 1 amide bonds. The van der Waals surface area contributed by atoms with Crippen molar-refractivity contribution in [2.45, 2.75) is 18.8 Å². The number of carbonyl (C=O) groups excluding carboxylic acids is 1. The molecule has 1 unspecified atom stereocenters. The Labute approximate surface area is 106 Å². The average molecular weight is 273 g/mol. The monoisotopic (exact) mass is 273 g/mol. The summed E-state index contributed by atoms with van der Waals surface area (Å²) in [5.41, 5.74) is 0.829. The van der Waals surface area contributed by atoms with Gasteiger partial charge >= 0.3 is 6.09 Å². The molecule has 0 aliphatic rings. The summed E-state index contributed by atoms with van der Waals surface area (Å²) < 4.78 is 34.9. The maximum absolute atomic E-state index is 11.2. The molecule has 2 N–H and O–H groups in total. The summed E-state index contributed by atoms with van der Waals surface area (Å²) >= 11 is 0. The topological polar surface area (TPSA) is 92.7 Å². The van der Waals surface area contributed by atoms with Crippen LogP contribution < -0.4 is 5.32 Å². The van der Waals surface area contributed by atoms with Gasteiger partial charge in [0.15, 0.2) is 0 Å². The zero-order valence-corrected chi connectivity index (χ0v) is 10.7. The molecular weight excluding hydrogens is 258 g/mol. The molecule has 18 heavy (non-hydrogen) atoms. The molecule has 0 saturated heterocycles. The number of amides is 1. The lowest BCUT2D eigenvalue weighted by Gasteiger charge is -2.10. The van der Waals surface area contributed by atoms with E-state index in [1.807, 2.05) is 18.2 Å². The molecule has 0 aliphatic carbocycles. The third-order valence-corrected chi connectivity index (χ3v) is 3.44. The van der Waals surface area contributed by atoms with Crippen molar-refractivity contribution in [1.29, 1.82) is 0 Å². The second kappa shape index (κ2) is 6.36. The van der Waals surface area contributed by atoms with Gasteiger partial charge in [-0.1, -0.05) is 30.3 Å². The Kier molecular flexibility index (Phi) is 5.11. The van der Waals surface area contributed by atoms with E-state index in [2.05, 4.69) is 5.32 Å². The summed E-state index contributed by atoms with van der Waals surface area (Å²) in [6, 6.07) is 9.08. The van der Waals surface area contributed by atoms with E-state index >= 15 is 0 Å². The van der Waals surface area contributed by atoms with Crippen LogP contribution in [0.5, 0.6) is 0 Å². The van der Waals surface area contributed by atoms with Gasteiger partial charge < -0.3 is 10.1 Å². The maximum atomic E-state index is 11.2. The molecular formula is C11H15NO5S. The van der Waals surface area contributed by atoms with E-state index in [-0.39, 0.29) is 13.2 Å². The largest absolute Gasteiger partial charge is 0.445 e. The van der Waals surface area contributed by atoms with Gasteiger partial charge in [-0.3, -0.25) is 4.55 Å². The molecule has 0 aromatic heterocycles. The zero-order valence-electron chi connectivity index (χ0n) is 9.87. The fourth-order valence-corrected chi connectivity index (χ4v) is 1.40. The fourth-order valence-electron chi connectivity index (χ4n) is 1.11. The smallest absolute Gasteiger partial charge is 0.407 e. The van der Waals surface area contributed by atoms with Gasteiger partial charge in [-0.2, -0.15) is 8.42 Å². The third kappa shape index (κ3) is 5.15. The average Bonchev–Trinajstić information content (AvgIpc) is 2.33. The van der Waals surface area contributed by atoms with Crippen molar-refractivity contribution in [2.75, 3.05) is 6.54 Å². The highest BCUT2D eigenvalue weighted by Crippen LogP contribution is 2.01. The van der Waals surface area contributed by atoms with Crippen LogP contribution in [0.3, 0.4) is 0 Å². The number of benzene rings is 1. The third-order valence-electron chi connectivity index (χ3n) is 2.26. The summed E-state index contributed by atoms with van der Waals surface area (Å²) in [5.74, 6) is 0. The molecule has 1 atom stereocenters. The highest BCUT2D eigenvalue weighted by molar-refractivity contribution is 7.86. The van der Waals surface area contributed by atoms with Gasteiger partial charge in [-0.15, -0.1) is 0 Å². The molecule has 0 bridgehead atoms. The van der Waals surface area contributed by atoms with Crippen LogP contribution in [0.25, 0.3) is 0 Å². The summed E-state index contributed by atoms with van der Waals surface area (Å²) in [5, 5.41) is 1.19. The number of ether oxygens (including phenoxy) is 1. The summed E-state index contributed by atoms with van der Waals surface area (Å²) in [6.07, 6.45) is -0.727. The van der Waals surface area contributed by atoms with Crippen LogP contribution in [0.1, 0.15) is 12.5 Å². The maximum Gasteiger partial charge on any atom is 0.407 e. The molecule has 0 heterocycles. The number of hydrogen-bond donors (Lipinski definition) is 2. The number of nitrogens with one attached hydrogen (secondary N) is 1. The number of hydrogen-bond acceptors (Lipinski definition) is 4. The van der Waals surface area contributed by atoms with Gasteiger partial charge in [0, 0.05) is 6.54 Å². The number of alkyl carbamates (subject to hydrolysis) is 1. The van der Waals surface area contributed by atoms with Crippen LogP contribution in [0.15, 0.2) is 30.3 Å². The molecule has 0 spiro atoms. The van der Waals surface area contributed by atoms with Crippen LogP contribution >= 0.6 is 0 Å². The first-order valence-electron chi connectivity index (χ1n) is 5.30. The Balaban J connectivity index is 2.31. The highest BCUT2D eigenvalue weighted by atomic mass is 32.2. The summed E-state index contributed by atoms with van der Waals surface area (Å²) in [6.45, 7) is 1.19. The molecule has 0 aliphatic heterocycles. The Morgan fingerprint density at radius 2 is 2.00 bits per heavy atom. The second-order valence-electron chi connectivity index (χ2n) is 3.77. The Hall–Kier alpha value is -1.60. The lowest BCUT2D eigenvalue weighted by molar-refractivity contribution is 0.139. The van der Waals surface area contributed by atoms with Crippen LogP contribution in [0, 0.1) is 0 Å². The summed E-state index contributed by atoms with van der Waals surface area (Å²) in [4.78, 5) is 11.2. The molecule has 1 aromatic carbocycles. The lowest BCUT2D eigenvalue weighted by atomic mass is 10.2. The SMILES string of the molecule is CC(CNC(=O)OCc1ccccc1)S(=O)(=O)O. The standard InChI is InChI=1S/C11H15NO5S/c1-9(18(14,15)16)7-12-11(13)17-8-10-5-3-2-4-6-10/h2-6,9H,7-8H2,1H3,(H,12,13)(H,14,15,16). The molecule has 1 rings (SSSR count). The van der Waals surface area contributed by atoms with Crippen molar-refractivity contribution in [3.05, 3.63) is 35.9 Å². The molecule has 0 radical (unpaired) electrons. The van der Waals surface area contributed by atoms with E-state index in [1.54, 1.807) is 12.1 Å². The van der Waals surface area contributed by atoms with E-state index in [0.717, 1.165) is 5.56 Å². The van der Waals surface area contributed by atoms with Gasteiger partial charge in [-0.05, 0) is 12.5 Å². The minimum Gasteiger partial charge on any atom is -0.445 e.